The molecule has 3 rings (SSSR count). The van der Waals surface area contributed by atoms with Crippen molar-refractivity contribution in [1.29, 1.82) is 0 Å². The van der Waals surface area contributed by atoms with E-state index >= 15 is 0 Å². The summed E-state index contributed by atoms with van der Waals surface area (Å²) in [5.41, 5.74) is 2.29. The second kappa shape index (κ2) is 6.29. The number of rotatable bonds is 3. The van der Waals surface area contributed by atoms with Crippen LogP contribution in [0.5, 0.6) is 0 Å². The monoisotopic (exact) mass is 300 g/mol. The number of carbonyl (C=O) groups excluding carboxylic acids is 1. The highest BCUT2D eigenvalue weighted by Gasteiger charge is 2.28. The molecule has 21 heavy (non-hydrogen) atoms. The summed E-state index contributed by atoms with van der Waals surface area (Å²) in [7, 11) is 0. The zero-order valence-corrected chi connectivity index (χ0v) is 12.3. The minimum atomic E-state index is -0.207. The van der Waals surface area contributed by atoms with Crippen LogP contribution < -0.4 is 10.6 Å². The second-order valence-corrected chi connectivity index (χ2v) is 5.69. The third kappa shape index (κ3) is 3.43. The Morgan fingerprint density at radius 2 is 1.76 bits per heavy atom. The Balaban J connectivity index is 1.72. The molecule has 1 fully saturated rings. The van der Waals surface area contributed by atoms with Crippen molar-refractivity contribution in [3.8, 4) is 0 Å². The first kappa shape index (κ1) is 14.1. The number of piperazine rings is 1. The second-order valence-electron chi connectivity index (χ2n) is 5.26. The Labute approximate surface area is 129 Å². The van der Waals surface area contributed by atoms with Gasteiger partial charge in [0.25, 0.3) is 0 Å². The van der Waals surface area contributed by atoms with Crippen LogP contribution in [0.1, 0.15) is 17.2 Å². The molecule has 1 aliphatic rings. The molecule has 0 aromatic heterocycles. The van der Waals surface area contributed by atoms with Gasteiger partial charge in [-0.05, 0) is 29.7 Å². The molecule has 2 aromatic rings. The van der Waals surface area contributed by atoms with Gasteiger partial charge in [0.05, 0.1) is 12.1 Å². The van der Waals surface area contributed by atoms with Gasteiger partial charge in [-0.3, -0.25) is 10.1 Å². The molecular formula is C17H17ClN2O. The Bertz CT molecular complexity index is 612. The lowest BCUT2D eigenvalue weighted by molar-refractivity contribution is -0.125. The average Bonchev–Trinajstić information content (AvgIpc) is 2.51. The van der Waals surface area contributed by atoms with Gasteiger partial charge in [-0.2, -0.15) is 0 Å². The number of hydrogen-bond acceptors (Lipinski definition) is 2. The van der Waals surface area contributed by atoms with Crippen LogP contribution in [0.15, 0.2) is 54.6 Å². The van der Waals surface area contributed by atoms with E-state index in [0.717, 1.165) is 16.1 Å². The molecule has 108 valence electrons. The van der Waals surface area contributed by atoms with Crippen LogP contribution in [0.25, 0.3) is 0 Å². The standard InChI is InChI=1S/C17H17ClN2O/c18-14-8-6-13(7-9-14)16-11-19-17(21)15(20-16)10-12-4-2-1-3-5-12/h1-9,15-16,20H,10-11H2,(H,19,21)/t15-,16+/m0/s1. The minimum Gasteiger partial charge on any atom is -0.353 e. The third-order valence-electron chi connectivity index (χ3n) is 3.75. The zero-order valence-electron chi connectivity index (χ0n) is 11.6. The first-order valence-electron chi connectivity index (χ1n) is 7.05. The zero-order chi connectivity index (χ0) is 14.7. The molecule has 2 N–H and O–H groups in total. The Morgan fingerprint density at radius 3 is 2.48 bits per heavy atom. The molecule has 1 aliphatic heterocycles. The lowest BCUT2D eigenvalue weighted by Gasteiger charge is -2.31. The van der Waals surface area contributed by atoms with Crippen LogP contribution in [-0.2, 0) is 11.2 Å². The molecule has 0 unspecified atom stereocenters. The highest BCUT2D eigenvalue weighted by Crippen LogP contribution is 2.19. The van der Waals surface area contributed by atoms with E-state index in [4.69, 9.17) is 11.6 Å². The van der Waals surface area contributed by atoms with Crippen LogP contribution in [0.3, 0.4) is 0 Å². The van der Waals surface area contributed by atoms with E-state index in [9.17, 15) is 4.79 Å². The molecule has 0 radical (unpaired) electrons. The van der Waals surface area contributed by atoms with Gasteiger partial charge in [-0.25, -0.2) is 0 Å². The maximum absolute atomic E-state index is 12.0. The third-order valence-corrected chi connectivity index (χ3v) is 4.01. The van der Waals surface area contributed by atoms with E-state index in [2.05, 4.69) is 10.6 Å². The lowest BCUT2D eigenvalue weighted by atomic mass is 9.98. The van der Waals surface area contributed by atoms with Gasteiger partial charge >= 0.3 is 0 Å². The van der Waals surface area contributed by atoms with Crippen molar-refractivity contribution in [1.82, 2.24) is 10.6 Å². The van der Waals surface area contributed by atoms with E-state index in [0.29, 0.717) is 13.0 Å². The van der Waals surface area contributed by atoms with Crippen LogP contribution in [0.2, 0.25) is 5.02 Å². The fourth-order valence-corrected chi connectivity index (χ4v) is 2.74. The molecule has 0 aliphatic carbocycles. The van der Waals surface area contributed by atoms with Crippen molar-refractivity contribution in [2.24, 2.45) is 0 Å². The summed E-state index contributed by atoms with van der Waals surface area (Å²) in [5.74, 6) is 0.0593. The molecule has 1 amide bonds. The SMILES string of the molecule is O=C1NC[C@H](c2ccc(Cl)cc2)N[C@H]1Cc1ccccc1. The van der Waals surface area contributed by atoms with E-state index < -0.39 is 0 Å². The lowest BCUT2D eigenvalue weighted by Crippen LogP contribution is -2.55. The fourth-order valence-electron chi connectivity index (χ4n) is 2.61. The summed E-state index contributed by atoms with van der Waals surface area (Å²) in [6.45, 7) is 0.603. The summed E-state index contributed by atoms with van der Waals surface area (Å²) in [4.78, 5) is 12.0. The maximum Gasteiger partial charge on any atom is 0.237 e. The fraction of sp³-hybridized carbons (Fsp3) is 0.235. The molecule has 0 spiro atoms. The molecule has 2 atom stereocenters. The Kier molecular flexibility index (Phi) is 4.23. The van der Waals surface area contributed by atoms with Crippen molar-refractivity contribution in [3.05, 3.63) is 70.7 Å². The topological polar surface area (TPSA) is 41.1 Å². The summed E-state index contributed by atoms with van der Waals surface area (Å²) in [6.07, 6.45) is 0.691. The first-order valence-corrected chi connectivity index (χ1v) is 7.43. The molecule has 0 saturated carbocycles. The quantitative estimate of drug-likeness (QED) is 0.915. The molecular weight excluding hydrogens is 284 g/mol. The van der Waals surface area contributed by atoms with Crippen LogP contribution in [0.4, 0.5) is 0 Å². The molecule has 3 nitrogen and oxygen atoms in total. The molecule has 0 bridgehead atoms. The van der Waals surface area contributed by atoms with Crippen molar-refractivity contribution in [2.75, 3.05) is 6.54 Å². The first-order chi connectivity index (χ1) is 10.2. The van der Waals surface area contributed by atoms with Crippen LogP contribution in [-0.4, -0.2) is 18.5 Å². The number of nitrogens with one attached hydrogen (secondary N) is 2. The predicted octanol–water partition coefficient (Wildman–Crippen LogP) is 2.71. The summed E-state index contributed by atoms with van der Waals surface area (Å²) >= 11 is 5.92. The van der Waals surface area contributed by atoms with Gasteiger partial charge in [0.15, 0.2) is 0 Å². The number of amides is 1. The van der Waals surface area contributed by atoms with E-state index in [1.54, 1.807) is 0 Å². The van der Waals surface area contributed by atoms with Gasteiger partial charge in [0.2, 0.25) is 5.91 Å². The molecule has 1 heterocycles. The van der Waals surface area contributed by atoms with Crippen LogP contribution in [0, 0.1) is 0 Å². The smallest absolute Gasteiger partial charge is 0.237 e. The van der Waals surface area contributed by atoms with Crippen LogP contribution >= 0.6 is 11.6 Å². The van der Waals surface area contributed by atoms with Gasteiger partial charge in [0, 0.05) is 11.6 Å². The molecule has 1 saturated heterocycles. The number of hydrogen-bond donors (Lipinski definition) is 2. The van der Waals surface area contributed by atoms with Crippen molar-refractivity contribution >= 4 is 17.5 Å². The van der Waals surface area contributed by atoms with Gasteiger partial charge in [-0.15, -0.1) is 0 Å². The summed E-state index contributed by atoms with van der Waals surface area (Å²) < 4.78 is 0. The van der Waals surface area contributed by atoms with Gasteiger partial charge < -0.3 is 5.32 Å². The highest BCUT2D eigenvalue weighted by molar-refractivity contribution is 6.30. The molecule has 4 heteroatoms. The average molecular weight is 301 g/mol. The summed E-state index contributed by atoms with van der Waals surface area (Å²) in [6, 6.07) is 17.7. The minimum absolute atomic E-state index is 0.0593. The Hall–Kier alpha value is -1.84. The van der Waals surface area contributed by atoms with E-state index in [1.165, 1.54) is 0 Å². The predicted molar refractivity (Wildman–Crippen MR) is 84.3 cm³/mol. The van der Waals surface area contributed by atoms with Gasteiger partial charge in [-0.1, -0.05) is 54.1 Å². The van der Waals surface area contributed by atoms with E-state index in [-0.39, 0.29) is 18.0 Å². The van der Waals surface area contributed by atoms with Crippen molar-refractivity contribution in [2.45, 2.75) is 18.5 Å². The normalized spacial score (nSPS) is 21.9. The van der Waals surface area contributed by atoms with E-state index in [1.807, 2.05) is 54.6 Å². The maximum atomic E-state index is 12.0. The number of halogens is 1. The van der Waals surface area contributed by atoms with Crippen molar-refractivity contribution < 1.29 is 4.79 Å². The summed E-state index contributed by atoms with van der Waals surface area (Å²) in [5, 5.41) is 7.14. The highest BCUT2D eigenvalue weighted by atomic mass is 35.5. The number of benzene rings is 2. The van der Waals surface area contributed by atoms with Crippen molar-refractivity contribution in [3.63, 3.8) is 0 Å². The molecule has 2 aromatic carbocycles. The Morgan fingerprint density at radius 1 is 1.05 bits per heavy atom. The van der Waals surface area contributed by atoms with Gasteiger partial charge in [0.1, 0.15) is 0 Å². The largest absolute Gasteiger partial charge is 0.353 e. The number of carbonyl (C=O) groups is 1.